The summed E-state index contributed by atoms with van der Waals surface area (Å²) in [6, 6.07) is 0. The lowest BCUT2D eigenvalue weighted by Crippen LogP contribution is -2.39. The Morgan fingerprint density at radius 2 is 1.81 bits per heavy atom. The molecule has 0 aromatic carbocycles. The van der Waals surface area contributed by atoms with E-state index in [-0.39, 0.29) is 23.7 Å². The number of carbonyl (C=O) groups is 2. The Labute approximate surface area is 98.0 Å². The number of hydrogen-bond acceptors (Lipinski definition) is 3. The summed E-state index contributed by atoms with van der Waals surface area (Å²) in [5.41, 5.74) is 0. The highest BCUT2D eigenvalue weighted by Gasteiger charge is 2.22. The van der Waals surface area contributed by atoms with Gasteiger partial charge in [0.15, 0.2) is 0 Å². The number of hydrogen-bond donors (Lipinski definition) is 0. The van der Waals surface area contributed by atoms with Gasteiger partial charge in [0, 0.05) is 19.0 Å². The van der Waals surface area contributed by atoms with E-state index in [4.69, 9.17) is 0 Å². The molecule has 0 aliphatic rings. The second-order valence-electron chi connectivity index (χ2n) is 4.36. The highest BCUT2D eigenvalue weighted by Crippen LogP contribution is 2.08. The molecule has 1 atom stereocenters. The maximum Gasteiger partial charge on any atom is 0.310 e. The van der Waals surface area contributed by atoms with Crippen molar-refractivity contribution in [1.29, 1.82) is 0 Å². The standard InChI is InChI=1S/C12H23NO3/c1-6-7-13(11(14)9(2)3)8-10(4)12(15)16-5/h9-10H,6-8H2,1-5H3. The van der Waals surface area contributed by atoms with Gasteiger partial charge < -0.3 is 9.64 Å². The van der Waals surface area contributed by atoms with Gasteiger partial charge in [-0.05, 0) is 6.42 Å². The number of carbonyl (C=O) groups excluding carboxylic acids is 2. The molecule has 0 aliphatic heterocycles. The van der Waals surface area contributed by atoms with Crippen molar-refractivity contribution in [2.75, 3.05) is 20.2 Å². The van der Waals surface area contributed by atoms with E-state index in [9.17, 15) is 9.59 Å². The zero-order chi connectivity index (χ0) is 12.7. The number of ether oxygens (including phenoxy) is 1. The van der Waals surface area contributed by atoms with Crippen LogP contribution in [0.2, 0.25) is 0 Å². The SMILES string of the molecule is CCCN(CC(C)C(=O)OC)C(=O)C(C)C. The van der Waals surface area contributed by atoms with Crippen molar-refractivity contribution >= 4 is 11.9 Å². The first kappa shape index (κ1) is 14.9. The van der Waals surface area contributed by atoms with Gasteiger partial charge in [-0.2, -0.15) is 0 Å². The van der Waals surface area contributed by atoms with Crippen molar-refractivity contribution in [3.05, 3.63) is 0 Å². The molecule has 0 saturated heterocycles. The van der Waals surface area contributed by atoms with Crippen LogP contribution in [0.5, 0.6) is 0 Å². The quantitative estimate of drug-likeness (QED) is 0.651. The number of rotatable bonds is 6. The zero-order valence-corrected chi connectivity index (χ0v) is 10.9. The minimum absolute atomic E-state index is 0.0311. The number of methoxy groups -OCH3 is 1. The van der Waals surface area contributed by atoms with Crippen LogP contribution in [-0.4, -0.2) is 37.0 Å². The third-order valence-electron chi connectivity index (χ3n) is 2.40. The van der Waals surface area contributed by atoms with Gasteiger partial charge in [0.25, 0.3) is 0 Å². The summed E-state index contributed by atoms with van der Waals surface area (Å²) in [6.07, 6.45) is 0.895. The normalized spacial score (nSPS) is 12.4. The first-order valence-corrected chi connectivity index (χ1v) is 5.80. The average molecular weight is 229 g/mol. The second-order valence-corrected chi connectivity index (χ2v) is 4.36. The molecule has 4 nitrogen and oxygen atoms in total. The molecule has 0 saturated carbocycles. The van der Waals surface area contributed by atoms with Gasteiger partial charge in [0.1, 0.15) is 0 Å². The maximum atomic E-state index is 11.9. The molecule has 0 radical (unpaired) electrons. The van der Waals surface area contributed by atoms with E-state index >= 15 is 0 Å². The summed E-state index contributed by atoms with van der Waals surface area (Å²) in [5.74, 6) is -0.467. The molecular formula is C12H23NO3. The molecule has 0 aromatic rings. The van der Waals surface area contributed by atoms with Crippen molar-refractivity contribution in [3.8, 4) is 0 Å². The molecular weight excluding hydrogens is 206 g/mol. The van der Waals surface area contributed by atoms with Crippen molar-refractivity contribution < 1.29 is 14.3 Å². The molecule has 4 heteroatoms. The van der Waals surface area contributed by atoms with Crippen LogP contribution >= 0.6 is 0 Å². The third-order valence-corrected chi connectivity index (χ3v) is 2.40. The molecule has 1 amide bonds. The second kappa shape index (κ2) is 7.25. The molecule has 0 aliphatic carbocycles. The van der Waals surface area contributed by atoms with Gasteiger partial charge in [0.05, 0.1) is 13.0 Å². The van der Waals surface area contributed by atoms with Gasteiger partial charge >= 0.3 is 5.97 Å². The van der Waals surface area contributed by atoms with Gasteiger partial charge in [0.2, 0.25) is 5.91 Å². The molecule has 0 rings (SSSR count). The topological polar surface area (TPSA) is 46.6 Å². The Kier molecular flexibility index (Phi) is 6.77. The number of amides is 1. The van der Waals surface area contributed by atoms with Crippen molar-refractivity contribution in [1.82, 2.24) is 4.90 Å². The van der Waals surface area contributed by atoms with E-state index in [1.54, 1.807) is 11.8 Å². The van der Waals surface area contributed by atoms with Crippen LogP contribution in [0.1, 0.15) is 34.1 Å². The molecule has 0 aromatic heterocycles. The van der Waals surface area contributed by atoms with E-state index in [0.29, 0.717) is 13.1 Å². The summed E-state index contributed by atoms with van der Waals surface area (Å²) in [6.45, 7) is 8.67. The first-order chi connectivity index (χ1) is 7.43. The fourth-order valence-electron chi connectivity index (χ4n) is 1.53. The van der Waals surface area contributed by atoms with Gasteiger partial charge in [-0.15, -0.1) is 0 Å². The van der Waals surface area contributed by atoms with Crippen LogP contribution in [0.25, 0.3) is 0 Å². The van der Waals surface area contributed by atoms with Gasteiger partial charge in [-0.1, -0.05) is 27.7 Å². The molecule has 0 fully saturated rings. The molecule has 0 spiro atoms. The Morgan fingerprint density at radius 1 is 1.25 bits per heavy atom. The van der Waals surface area contributed by atoms with Crippen LogP contribution in [0.4, 0.5) is 0 Å². The number of esters is 1. The minimum atomic E-state index is -0.266. The predicted molar refractivity (Wildman–Crippen MR) is 62.9 cm³/mol. The van der Waals surface area contributed by atoms with E-state index < -0.39 is 0 Å². The Hall–Kier alpha value is -1.06. The van der Waals surface area contributed by atoms with Crippen LogP contribution in [0.3, 0.4) is 0 Å². The van der Waals surface area contributed by atoms with Gasteiger partial charge in [-0.3, -0.25) is 9.59 Å². The first-order valence-electron chi connectivity index (χ1n) is 5.80. The van der Waals surface area contributed by atoms with E-state index in [1.807, 2.05) is 20.8 Å². The summed E-state index contributed by atoms with van der Waals surface area (Å²) >= 11 is 0. The molecule has 0 heterocycles. The molecule has 0 N–H and O–H groups in total. The largest absolute Gasteiger partial charge is 0.469 e. The minimum Gasteiger partial charge on any atom is -0.469 e. The molecule has 1 unspecified atom stereocenters. The fraction of sp³-hybridized carbons (Fsp3) is 0.833. The lowest BCUT2D eigenvalue weighted by atomic mass is 10.1. The van der Waals surface area contributed by atoms with E-state index in [1.165, 1.54) is 7.11 Å². The molecule has 0 bridgehead atoms. The average Bonchev–Trinajstić information content (AvgIpc) is 2.25. The monoisotopic (exact) mass is 229 g/mol. The summed E-state index contributed by atoms with van der Waals surface area (Å²) in [7, 11) is 1.37. The van der Waals surface area contributed by atoms with Gasteiger partial charge in [-0.25, -0.2) is 0 Å². The summed E-state index contributed by atoms with van der Waals surface area (Å²) in [5, 5.41) is 0. The molecule has 16 heavy (non-hydrogen) atoms. The Bertz CT molecular complexity index is 238. The highest BCUT2D eigenvalue weighted by molar-refractivity contribution is 5.79. The van der Waals surface area contributed by atoms with Crippen LogP contribution in [0, 0.1) is 11.8 Å². The number of nitrogens with zero attached hydrogens (tertiary/aromatic N) is 1. The lowest BCUT2D eigenvalue weighted by Gasteiger charge is -2.26. The maximum absolute atomic E-state index is 11.9. The summed E-state index contributed by atoms with van der Waals surface area (Å²) < 4.78 is 4.65. The Balaban J connectivity index is 4.44. The third kappa shape index (κ3) is 4.64. The predicted octanol–water partition coefficient (Wildman–Crippen LogP) is 1.69. The van der Waals surface area contributed by atoms with Crippen molar-refractivity contribution in [3.63, 3.8) is 0 Å². The van der Waals surface area contributed by atoms with Crippen LogP contribution in [0.15, 0.2) is 0 Å². The van der Waals surface area contributed by atoms with Crippen molar-refractivity contribution in [2.45, 2.75) is 34.1 Å². The Morgan fingerprint density at radius 3 is 2.19 bits per heavy atom. The van der Waals surface area contributed by atoms with E-state index in [0.717, 1.165) is 6.42 Å². The zero-order valence-electron chi connectivity index (χ0n) is 10.9. The van der Waals surface area contributed by atoms with E-state index in [2.05, 4.69) is 4.74 Å². The molecule has 94 valence electrons. The smallest absolute Gasteiger partial charge is 0.310 e. The van der Waals surface area contributed by atoms with Crippen molar-refractivity contribution in [2.24, 2.45) is 11.8 Å². The van der Waals surface area contributed by atoms with Crippen LogP contribution in [-0.2, 0) is 14.3 Å². The fourth-order valence-corrected chi connectivity index (χ4v) is 1.53. The highest BCUT2D eigenvalue weighted by atomic mass is 16.5. The summed E-state index contributed by atoms with van der Waals surface area (Å²) in [4.78, 5) is 24.9. The van der Waals surface area contributed by atoms with Crippen LogP contribution < -0.4 is 0 Å². The lowest BCUT2D eigenvalue weighted by molar-refractivity contribution is -0.146.